The second-order valence-electron chi connectivity index (χ2n) is 5.52. The fourth-order valence-electron chi connectivity index (χ4n) is 2.00. The van der Waals surface area contributed by atoms with Crippen LogP contribution >= 0.6 is 0 Å². The molecule has 116 valence electrons. The SMILES string of the molecule is CC(C)CC(C)N(C)C(=O)Nc1cc(C(=O)O)ccc1F. The van der Waals surface area contributed by atoms with Crippen molar-refractivity contribution in [1.29, 1.82) is 0 Å². The first-order valence-electron chi connectivity index (χ1n) is 6.79. The maximum Gasteiger partial charge on any atom is 0.335 e. The molecule has 2 N–H and O–H groups in total. The fraction of sp³-hybridized carbons (Fsp3) is 0.467. The number of amides is 2. The van der Waals surface area contributed by atoms with Crippen LogP contribution in [-0.4, -0.2) is 35.1 Å². The molecule has 0 spiro atoms. The van der Waals surface area contributed by atoms with Crippen molar-refractivity contribution in [2.45, 2.75) is 33.2 Å². The summed E-state index contributed by atoms with van der Waals surface area (Å²) in [5.41, 5.74) is -0.215. The number of carboxylic acids is 1. The molecule has 0 aliphatic rings. The number of nitrogens with one attached hydrogen (secondary N) is 1. The molecule has 1 aromatic rings. The second-order valence-corrected chi connectivity index (χ2v) is 5.52. The summed E-state index contributed by atoms with van der Waals surface area (Å²) in [6.07, 6.45) is 0.821. The number of anilines is 1. The lowest BCUT2D eigenvalue weighted by Gasteiger charge is -2.26. The van der Waals surface area contributed by atoms with E-state index < -0.39 is 17.8 Å². The average Bonchev–Trinajstić information content (AvgIpc) is 2.39. The van der Waals surface area contributed by atoms with Crippen LogP contribution in [-0.2, 0) is 0 Å². The maximum atomic E-state index is 13.6. The third kappa shape index (κ3) is 4.73. The summed E-state index contributed by atoms with van der Waals surface area (Å²) in [6.45, 7) is 6.01. The lowest BCUT2D eigenvalue weighted by atomic mass is 10.0. The average molecular weight is 296 g/mol. The number of benzene rings is 1. The number of halogens is 1. The van der Waals surface area contributed by atoms with Crippen LogP contribution in [0.5, 0.6) is 0 Å². The van der Waals surface area contributed by atoms with Crippen molar-refractivity contribution in [3.8, 4) is 0 Å². The van der Waals surface area contributed by atoms with Crippen LogP contribution < -0.4 is 5.32 Å². The van der Waals surface area contributed by atoms with Crippen molar-refractivity contribution in [1.82, 2.24) is 4.90 Å². The van der Waals surface area contributed by atoms with Crippen molar-refractivity contribution in [2.75, 3.05) is 12.4 Å². The summed E-state index contributed by atoms with van der Waals surface area (Å²) in [4.78, 5) is 24.4. The Balaban J connectivity index is 2.83. The highest BCUT2D eigenvalue weighted by molar-refractivity contribution is 5.93. The van der Waals surface area contributed by atoms with Gasteiger partial charge in [0.1, 0.15) is 5.82 Å². The molecule has 0 fully saturated rings. The van der Waals surface area contributed by atoms with Gasteiger partial charge < -0.3 is 15.3 Å². The van der Waals surface area contributed by atoms with Crippen LogP contribution in [0.2, 0.25) is 0 Å². The Morgan fingerprint density at radius 1 is 1.33 bits per heavy atom. The van der Waals surface area contributed by atoms with Gasteiger partial charge in [0.05, 0.1) is 11.3 Å². The monoisotopic (exact) mass is 296 g/mol. The molecule has 0 aliphatic carbocycles. The Labute approximate surface area is 123 Å². The van der Waals surface area contributed by atoms with E-state index in [0.29, 0.717) is 5.92 Å². The van der Waals surface area contributed by atoms with E-state index >= 15 is 0 Å². The minimum absolute atomic E-state index is 0.00397. The molecule has 0 saturated heterocycles. The first-order valence-corrected chi connectivity index (χ1v) is 6.79. The molecule has 0 saturated carbocycles. The number of aromatic carboxylic acids is 1. The van der Waals surface area contributed by atoms with Crippen LogP contribution in [0.3, 0.4) is 0 Å². The summed E-state index contributed by atoms with van der Waals surface area (Å²) in [7, 11) is 1.63. The predicted octanol–water partition coefficient (Wildman–Crippen LogP) is 3.42. The first kappa shape index (κ1) is 16.9. The molecule has 5 nitrogen and oxygen atoms in total. The second kappa shape index (κ2) is 7.06. The maximum absolute atomic E-state index is 13.6. The van der Waals surface area contributed by atoms with E-state index in [2.05, 4.69) is 19.2 Å². The van der Waals surface area contributed by atoms with E-state index in [0.717, 1.165) is 24.6 Å². The molecule has 0 heterocycles. The van der Waals surface area contributed by atoms with Gasteiger partial charge in [-0.25, -0.2) is 14.0 Å². The molecule has 1 rings (SSSR count). The quantitative estimate of drug-likeness (QED) is 0.874. The molecule has 0 bridgehead atoms. The van der Waals surface area contributed by atoms with Crippen molar-refractivity contribution in [3.05, 3.63) is 29.6 Å². The summed E-state index contributed by atoms with van der Waals surface area (Å²) < 4.78 is 13.6. The first-order chi connectivity index (χ1) is 9.72. The fourth-order valence-corrected chi connectivity index (χ4v) is 2.00. The zero-order valence-corrected chi connectivity index (χ0v) is 12.7. The van der Waals surface area contributed by atoms with Crippen LogP contribution in [0.1, 0.15) is 37.6 Å². The summed E-state index contributed by atoms with van der Waals surface area (Å²) in [6, 6.07) is 2.81. The number of carbonyl (C=O) groups excluding carboxylic acids is 1. The van der Waals surface area contributed by atoms with E-state index in [-0.39, 0.29) is 17.3 Å². The van der Waals surface area contributed by atoms with Crippen LogP contribution in [0.4, 0.5) is 14.9 Å². The Morgan fingerprint density at radius 2 is 1.95 bits per heavy atom. The van der Waals surface area contributed by atoms with Crippen molar-refractivity contribution in [2.24, 2.45) is 5.92 Å². The van der Waals surface area contributed by atoms with E-state index in [1.807, 2.05) is 6.92 Å². The third-order valence-electron chi connectivity index (χ3n) is 3.25. The van der Waals surface area contributed by atoms with Gasteiger partial charge in [-0.3, -0.25) is 0 Å². The number of hydrogen-bond donors (Lipinski definition) is 2. The molecule has 1 aromatic carbocycles. The Hall–Kier alpha value is -2.11. The highest BCUT2D eigenvalue weighted by Crippen LogP contribution is 2.18. The van der Waals surface area contributed by atoms with Gasteiger partial charge in [-0.2, -0.15) is 0 Å². The smallest absolute Gasteiger partial charge is 0.335 e. The van der Waals surface area contributed by atoms with Crippen LogP contribution in [0, 0.1) is 11.7 Å². The summed E-state index contributed by atoms with van der Waals surface area (Å²) in [5, 5.41) is 11.3. The van der Waals surface area contributed by atoms with E-state index in [9.17, 15) is 14.0 Å². The number of carbonyl (C=O) groups is 2. The number of urea groups is 1. The number of hydrogen-bond acceptors (Lipinski definition) is 2. The largest absolute Gasteiger partial charge is 0.478 e. The topological polar surface area (TPSA) is 69.6 Å². The van der Waals surface area contributed by atoms with Crippen LogP contribution in [0.15, 0.2) is 18.2 Å². The highest BCUT2D eigenvalue weighted by Gasteiger charge is 2.18. The Kier molecular flexibility index (Phi) is 5.69. The van der Waals surface area contributed by atoms with E-state index in [1.165, 1.54) is 4.90 Å². The molecule has 0 radical (unpaired) electrons. The van der Waals surface area contributed by atoms with Gasteiger partial charge in [0.15, 0.2) is 0 Å². The predicted molar refractivity (Wildman–Crippen MR) is 79.1 cm³/mol. The molecular formula is C15H21FN2O3. The van der Waals surface area contributed by atoms with Gasteiger partial charge in [-0.1, -0.05) is 13.8 Å². The summed E-state index contributed by atoms with van der Waals surface area (Å²) in [5.74, 6) is -1.41. The van der Waals surface area contributed by atoms with Crippen LogP contribution in [0.25, 0.3) is 0 Å². The standard InChI is InChI=1S/C15H21FN2O3/c1-9(2)7-10(3)18(4)15(21)17-13-8-11(14(19)20)5-6-12(13)16/h5-6,8-10H,7H2,1-4H3,(H,17,21)(H,19,20). The van der Waals surface area contributed by atoms with E-state index in [1.54, 1.807) is 7.05 Å². The summed E-state index contributed by atoms with van der Waals surface area (Å²) >= 11 is 0. The molecular weight excluding hydrogens is 275 g/mol. The Bertz CT molecular complexity index is 532. The van der Waals surface area contributed by atoms with Crippen molar-refractivity contribution >= 4 is 17.7 Å². The van der Waals surface area contributed by atoms with Gasteiger partial charge in [0.2, 0.25) is 0 Å². The molecule has 6 heteroatoms. The van der Waals surface area contributed by atoms with Gasteiger partial charge in [0, 0.05) is 13.1 Å². The zero-order valence-electron chi connectivity index (χ0n) is 12.7. The van der Waals surface area contributed by atoms with Crippen molar-refractivity contribution in [3.63, 3.8) is 0 Å². The molecule has 1 unspecified atom stereocenters. The lowest BCUT2D eigenvalue weighted by molar-refractivity contribution is 0.0697. The van der Waals surface area contributed by atoms with Gasteiger partial charge in [-0.15, -0.1) is 0 Å². The van der Waals surface area contributed by atoms with Gasteiger partial charge >= 0.3 is 12.0 Å². The molecule has 21 heavy (non-hydrogen) atoms. The highest BCUT2D eigenvalue weighted by atomic mass is 19.1. The lowest BCUT2D eigenvalue weighted by Crippen LogP contribution is -2.39. The minimum atomic E-state index is -1.17. The van der Waals surface area contributed by atoms with Gasteiger partial charge in [0.25, 0.3) is 0 Å². The minimum Gasteiger partial charge on any atom is -0.478 e. The number of carboxylic acid groups (broad SMARTS) is 1. The molecule has 0 aromatic heterocycles. The van der Waals surface area contributed by atoms with Gasteiger partial charge in [-0.05, 0) is 37.5 Å². The van der Waals surface area contributed by atoms with E-state index in [4.69, 9.17) is 5.11 Å². The molecule has 0 aliphatic heterocycles. The van der Waals surface area contributed by atoms with Crippen molar-refractivity contribution < 1.29 is 19.1 Å². The number of rotatable bonds is 5. The molecule has 1 atom stereocenters. The Morgan fingerprint density at radius 3 is 2.48 bits per heavy atom. The zero-order chi connectivity index (χ0) is 16.2. The normalized spacial score (nSPS) is 12.1. The number of nitrogens with zero attached hydrogens (tertiary/aromatic N) is 1. The third-order valence-corrected chi connectivity index (χ3v) is 3.25. The molecule has 2 amide bonds.